The van der Waals surface area contributed by atoms with E-state index in [1.807, 2.05) is 24.3 Å². The predicted molar refractivity (Wildman–Crippen MR) is 104 cm³/mol. The van der Waals surface area contributed by atoms with E-state index in [2.05, 4.69) is 24.3 Å². The van der Waals surface area contributed by atoms with Gasteiger partial charge < -0.3 is 19.3 Å². The highest BCUT2D eigenvalue weighted by molar-refractivity contribution is 5.79. The molecule has 148 valence electrons. The van der Waals surface area contributed by atoms with E-state index < -0.39 is 12.1 Å². The number of carbonyl (C=O) groups is 1. The Morgan fingerprint density at radius 1 is 1.04 bits per heavy atom. The molecular formula is C22H25NO5. The maximum atomic E-state index is 12.8. The van der Waals surface area contributed by atoms with Crippen LogP contribution in [0.25, 0.3) is 11.1 Å². The number of amides is 1. The summed E-state index contributed by atoms with van der Waals surface area (Å²) in [5.74, 6) is 0.00275. The summed E-state index contributed by atoms with van der Waals surface area (Å²) in [6, 6.07) is 16.0. The van der Waals surface area contributed by atoms with Crippen molar-refractivity contribution in [2.75, 3.05) is 34.0 Å². The normalized spacial score (nSPS) is 23.5. The van der Waals surface area contributed by atoms with Gasteiger partial charge in [-0.05, 0) is 22.3 Å². The van der Waals surface area contributed by atoms with Gasteiger partial charge in [0.25, 0.3) is 0 Å². The van der Waals surface area contributed by atoms with E-state index >= 15 is 0 Å². The number of methoxy groups -OCH3 is 2. The molecule has 4 rings (SSSR count). The van der Waals surface area contributed by atoms with Gasteiger partial charge in [0, 0.05) is 20.1 Å². The van der Waals surface area contributed by atoms with Crippen LogP contribution in [0, 0.1) is 0 Å². The third-order valence-corrected chi connectivity index (χ3v) is 5.86. The van der Waals surface area contributed by atoms with Crippen molar-refractivity contribution in [3.8, 4) is 11.1 Å². The first kappa shape index (κ1) is 18.9. The van der Waals surface area contributed by atoms with Gasteiger partial charge in [-0.15, -0.1) is 0 Å². The van der Waals surface area contributed by atoms with Crippen LogP contribution in [0.5, 0.6) is 0 Å². The van der Waals surface area contributed by atoms with Crippen molar-refractivity contribution in [2.24, 2.45) is 0 Å². The van der Waals surface area contributed by atoms with Crippen molar-refractivity contribution in [2.45, 2.75) is 24.2 Å². The van der Waals surface area contributed by atoms with E-state index in [9.17, 15) is 9.90 Å². The average Bonchev–Trinajstić information content (AvgIpc) is 3.27. The second-order valence-corrected chi connectivity index (χ2v) is 7.18. The third-order valence-electron chi connectivity index (χ3n) is 5.86. The lowest BCUT2D eigenvalue weighted by Crippen LogP contribution is -2.43. The molecule has 6 nitrogen and oxygen atoms in total. The number of benzene rings is 2. The second kappa shape index (κ2) is 7.91. The monoisotopic (exact) mass is 383 g/mol. The van der Waals surface area contributed by atoms with Gasteiger partial charge in [-0.2, -0.15) is 0 Å². The number of carbonyl (C=O) groups excluding carboxylic acids is 1. The molecule has 1 fully saturated rings. The van der Waals surface area contributed by atoms with E-state index in [1.165, 1.54) is 27.2 Å². The Balaban J connectivity index is 1.51. The summed E-state index contributed by atoms with van der Waals surface area (Å²) in [5, 5.41) is 9.76. The number of aliphatic hydroxyl groups is 1. The van der Waals surface area contributed by atoms with E-state index in [0.29, 0.717) is 6.54 Å². The number of ether oxygens (including phenoxy) is 3. The van der Waals surface area contributed by atoms with Gasteiger partial charge in [-0.25, -0.2) is 4.79 Å². The standard InChI is InChI=1S/C22H25NO5/c1-26-20-11-23(19(12-24)21(20)27-2)22(25)28-13-18-16-9-5-3-7-14(16)15-8-4-6-10-17(15)18/h3-10,18-21,24H,11-13H2,1-2H3/t19-,20+,21-/m0/s1. The predicted octanol–water partition coefficient (Wildman–Crippen LogP) is 2.64. The number of hydrogen-bond acceptors (Lipinski definition) is 5. The maximum absolute atomic E-state index is 12.8. The van der Waals surface area contributed by atoms with Crippen LogP contribution >= 0.6 is 0 Å². The lowest BCUT2D eigenvalue weighted by molar-refractivity contribution is -0.0279. The first-order valence-electron chi connectivity index (χ1n) is 9.47. The van der Waals surface area contributed by atoms with Crippen molar-refractivity contribution < 1.29 is 24.1 Å². The highest BCUT2D eigenvalue weighted by Gasteiger charge is 2.45. The van der Waals surface area contributed by atoms with Crippen LogP contribution in [0.15, 0.2) is 48.5 Å². The maximum Gasteiger partial charge on any atom is 0.410 e. The van der Waals surface area contributed by atoms with Crippen LogP contribution in [0.1, 0.15) is 17.0 Å². The van der Waals surface area contributed by atoms with E-state index in [-0.39, 0.29) is 31.3 Å². The molecule has 28 heavy (non-hydrogen) atoms. The lowest BCUT2D eigenvalue weighted by Gasteiger charge is -2.25. The minimum atomic E-state index is -0.481. The molecule has 2 aromatic carbocycles. The molecule has 0 unspecified atom stereocenters. The molecule has 0 spiro atoms. The van der Waals surface area contributed by atoms with Gasteiger partial charge in [-0.1, -0.05) is 48.5 Å². The van der Waals surface area contributed by atoms with E-state index in [4.69, 9.17) is 14.2 Å². The molecule has 3 atom stereocenters. The van der Waals surface area contributed by atoms with Crippen LogP contribution < -0.4 is 0 Å². The van der Waals surface area contributed by atoms with Crippen molar-refractivity contribution in [1.29, 1.82) is 0 Å². The van der Waals surface area contributed by atoms with Gasteiger partial charge in [0.1, 0.15) is 18.8 Å². The summed E-state index contributed by atoms with van der Waals surface area (Å²) in [5.41, 5.74) is 4.71. The molecular weight excluding hydrogens is 358 g/mol. The number of aliphatic hydroxyl groups excluding tert-OH is 1. The molecule has 0 bridgehead atoms. The average molecular weight is 383 g/mol. The minimum absolute atomic E-state index is 0.00275. The number of nitrogens with zero attached hydrogens (tertiary/aromatic N) is 1. The molecule has 1 amide bonds. The molecule has 0 aromatic heterocycles. The largest absolute Gasteiger partial charge is 0.448 e. The third kappa shape index (κ3) is 3.07. The number of likely N-dealkylation sites (tertiary alicyclic amines) is 1. The van der Waals surface area contributed by atoms with Gasteiger partial charge in [0.15, 0.2) is 0 Å². The van der Waals surface area contributed by atoms with Gasteiger partial charge in [-0.3, -0.25) is 4.90 Å². The molecule has 1 heterocycles. The summed E-state index contributed by atoms with van der Waals surface area (Å²) in [4.78, 5) is 14.3. The molecule has 1 aliphatic carbocycles. The number of hydrogen-bond donors (Lipinski definition) is 1. The fraction of sp³-hybridized carbons (Fsp3) is 0.409. The summed E-state index contributed by atoms with van der Waals surface area (Å²) in [6.07, 6.45) is -1.12. The van der Waals surface area contributed by atoms with Crippen LogP contribution in [0.4, 0.5) is 4.79 Å². The van der Waals surface area contributed by atoms with Crippen molar-refractivity contribution in [1.82, 2.24) is 4.90 Å². The molecule has 0 radical (unpaired) electrons. The highest BCUT2D eigenvalue weighted by Crippen LogP contribution is 2.44. The zero-order chi connectivity index (χ0) is 19.7. The molecule has 2 aromatic rings. The van der Waals surface area contributed by atoms with Crippen LogP contribution in [-0.4, -0.2) is 68.3 Å². The van der Waals surface area contributed by atoms with Crippen molar-refractivity contribution >= 4 is 6.09 Å². The summed E-state index contributed by atoms with van der Waals surface area (Å²) in [7, 11) is 3.13. The Labute approximate surface area is 164 Å². The zero-order valence-corrected chi connectivity index (χ0v) is 16.1. The summed E-state index contributed by atoms with van der Waals surface area (Å²) < 4.78 is 16.6. The first-order chi connectivity index (χ1) is 13.7. The fourth-order valence-corrected chi connectivity index (χ4v) is 4.47. The van der Waals surface area contributed by atoms with E-state index in [1.54, 1.807) is 14.2 Å². The fourth-order valence-electron chi connectivity index (χ4n) is 4.47. The highest BCUT2D eigenvalue weighted by atomic mass is 16.6. The van der Waals surface area contributed by atoms with Crippen molar-refractivity contribution in [3.63, 3.8) is 0 Å². The summed E-state index contributed by atoms with van der Waals surface area (Å²) >= 11 is 0. The molecule has 0 saturated carbocycles. The molecule has 2 aliphatic rings. The topological polar surface area (TPSA) is 68.2 Å². The van der Waals surface area contributed by atoms with Crippen LogP contribution in [-0.2, 0) is 14.2 Å². The second-order valence-electron chi connectivity index (χ2n) is 7.18. The molecule has 1 saturated heterocycles. The zero-order valence-electron chi connectivity index (χ0n) is 16.1. The Bertz CT molecular complexity index is 809. The van der Waals surface area contributed by atoms with Crippen LogP contribution in [0.3, 0.4) is 0 Å². The van der Waals surface area contributed by atoms with Crippen molar-refractivity contribution in [3.05, 3.63) is 59.7 Å². The number of fused-ring (bicyclic) bond motifs is 3. The minimum Gasteiger partial charge on any atom is -0.448 e. The van der Waals surface area contributed by atoms with Gasteiger partial charge in [0.2, 0.25) is 0 Å². The SMILES string of the molecule is CO[C@@H]1[C@H](OC)CN(C(=O)OCC2c3ccccc3-c3ccccc32)[C@H]1CO. The van der Waals surface area contributed by atoms with Gasteiger partial charge >= 0.3 is 6.09 Å². The Morgan fingerprint density at radius 3 is 2.18 bits per heavy atom. The summed E-state index contributed by atoms with van der Waals surface area (Å²) in [6.45, 7) is 0.371. The van der Waals surface area contributed by atoms with Gasteiger partial charge in [0.05, 0.1) is 19.2 Å². The lowest BCUT2D eigenvalue weighted by atomic mass is 9.98. The first-order valence-corrected chi connectivity index (χ1v) is 9.47. The Hall–Kier alpha value is -2.41. The van der Waals surface area contributed by atoms with E-state index in [0.717, 1.165) is 0 Å². The smallest absolute Gasteiger partial charge is 0.410 e. The Morgan fingerprint density at radius 2 is 1.64 bits per heavy atom. The number of rotatable bonds is 5. The molecule has 6 heteroatoms. The molecule has 1 N–H and O–H groups in total. The Kier molecular flexibility index (Phi) is 5.35. The quantitative estimate of drug-likeness (QED) is 0.860. The van der Waals surface area contributed by atoms with Crippen LogP contribution in [0.2, 0.25) is 0 Å². The molecule has 1 aliphatic heterocycles.